The highest BCUT2D eigenvalue weighted by Gasteiger charge is 2.33. The molecule has 1 saturated heterocycles. The molecule has 2 aliphatic heterocycles. The van der Waals surface area contributed by atoms with E-state index < -0.39 is 26.2 Å². The van der Waals surface area contributed by atoms with E-state index in [1.807, 2.05) is 44.2 Å². The Morgan fingerprint density at radius 1 is 0.818 bits per heavy atom. The number of ether oxygens (including phenoxy) is 6. The van der Waals surface area contributed by atoms with E-state index in [0.29, 0.717) is 46.1 Å². The lowest BCUT2D eigenvalue weighted by atomic mass is 9.99. The van der Waals surface area contributed by atoms with E-state index in [4.69, 9.17) is 28.4 Å². The third kappa shape index (κ3) is 15.7. The Bertz CT molecular complexity index is 1640. The van der Waals surface area contributed by atoms with E-state index in [1.54, 1.807) is 23.1 Å². The van der Waals surface area contributed by atoms with Crippen molar-refractivity contribution in [2.75, 3.05) is 59.6 Å². The third-order valence-corrected chi connectivity index (χ3v) is 14.6. The number of carbonyl (C=O) groups excluding carboxylic acids is 1. The molecule has 2 heterocycles. The van der Waals surface area contributed by atoms with Gasteiger partial charge in [0, 0.05) is 48.1 Å². The van der Waals surface area contributed by atoms with Gasteiger partial charge in [-0.2, -0.15) is 0 Å². The zero-order valence-corrected chi connectivity index (χ0v) is 37.4. The van der Waals surface area contributed by atoms with Gasteiger partial charge in [-0.15, -0.1) is 4.31 Å². The molecule has 0 aromatic heterocycles. The fraction of sp³-hybridized carbons (Fsp3) is 0.634. The first-order chi connectivity index (χ1) is 25.9. The standard InChI is InChI=1S/C41H66N2O9SSi2/c1-41(2)19-18-36-29-35(16-17-38(36)52-41)39-30-42(40(44)51-39)20-11-9-10-12-21-47-22-23-48-31-34-14-13-15-37(28-34)53(45,46)43(32-49-24-26-54(3,4)5)33-50-25-27-55(6,7)8/h13-19,28-29,39H,9-12,20-27,30-33H2,1-8H3. The second kappa shape index (κ2) is 20.7. The number of sulfonamides is 1. The molecule has 0 radical (unpaired) electrons. The van der Waals surface area contributed by atoms with Crippen LogP contribution in [0.2, 0.25) is 51.4 Å². The highest BCUT2D eigenvalue weighted by Crippen LogP contribution is 2.35. The van der Waals surface area contributed by atoms with Crippen LogP contribution >= 0.6 is 0 Å². The summed E-state index contributed by atoms with van der Waals surface area (Å²) >= 11 is 0. The van der Waals surface area contributed by atoms with E-state index in [-0.39, 0.29) is 42.8 Å². The van der Waals surface area contributed by atoms with Gasteiger partial charge in [-0.25, -0.2) is 13.2 Å². The number of unbranched alkanes of at least 4 members (excludes halogenated alkanes) is 3. The van der Waals surface area contributed by atoms with Crippen LogP contribution in [-0.2, 0) is 40.3 Å². The number of carbonyl (C=O) groups is 1. The van der Waals surface area contributed by atoms with Crippen LogP contribution in [0.1, 0.15) is 62.3 Å². The maximum atomic E-state index is 13.7. The predicted molar refractivity (Wildman–Crippen MR) is 223 cm³/mol. The molecule has 2 aliphatic rings. The summed E-state index contributed by atoms with van der Waals surface area (Å²) in [6.45, 7) is 21.6. The summed E-state index contributed by atoms with van der Waals surface area (Å²) in [5, 5.41) is 0. The maximum Gasteiger partial charge on any atom is 0.410 e. The number of cyclic esters (lactones) is 1. The Labute approximate surface area is 332 Å². The van der Waals surface area contributed by atoms with Crippen molar-refractivity contribution in [3.05, 3.63) is 65.2 Å². The van der Waals surface area contributed by atoms with Crippen molar-refractivity contribution in [1.29, 1.82) is 0 Å². The minimum atomic E-state index is -3.84. The van der Waals surface area contributed by atoms with E-state index in [9.17, 15) is 13.2 Å². The SMILES string of the molecule is CC1(C)C=Cc2cc(C3CN(CCCCCCOCCOCc4cccc(S(=O)(=O)N(COCC[Si](C)(C)C)COCC[Si](C)(C)C)c4)C(=O)O3)ccc2O1. The van der Waals surface area contributed by atoms with Gasteiger partial charge in [-0.05, 0) is 80.2 Å². The lowest BCUT2D eigenvalue weighted by Gasteiger charge is -2.28. The Balaban J connectivity index is 1.10. The van der Waals surface area contributed by atoms with Crippen molar-refractivity contribution in [3.8, 4) is 5.75 Å². The van der Waals surface area contributed by atoms with Gasteiger partial charge in [0.15, 0.2) is 0 Å². The van der Waals surface area contributed by atoms with Crippen LogP contribution in [0.15, 0.2) is 53.4 Å². The largest absolute Gasteiger partial charge is 0.483 e. The molecule has 1 unspecified atom stereocenters. The maximum absolute atomic E-state index is 13.7. The number of nitrogens with zero attached hydrogens (tertiary/aromatic N) is 2. The number of rotatable bonds is 25. The van der Waals surface area contributed by atoms with Crippen molar-refractivity contribution in [2.24, 2.45) is 0 Å². The van der Waals surface area contributed by atoms with Crippen LogP contribution in [0.5, 0.6) is 5.75 Å². The van der Waals surface area contributed by atoms with E-state index in [0.717, 1.165) is 60.2 Å². The molecule has 1 amide bonds. The Kier molecular flexibility index (Phi) is 17.0. The molecule has 2 aromatic rings. The molecular weight excluding hydrogens is 753 g/mol. The fourth-order valence-corrected chi connectivity index (χ4v) is 8.73. The first-order valence-electron chi connectivity index (χ1n) is 19.8. The summed E-state index contributed by atoms with van der Waals surface area (Å²) in [4.78, 5) is 14.5. The molecule has 4 rings (SSSR count). The van der Waals surface area contributed by atoms with Crippen LogP contribution in [0.4, 0.5) is 4.79 Å². The summed E-state index contributed by atoms with van der Waals surface area (Å²) in [6, 6.07) is 14.8. The van der Waals surface area contributed by atoms with Crippen LogP contribution in [-0.4, -0.2) is 105 Å². The van der Waals surface area contributed by atoms with Gasteiger partial charge in [-0.1, -0.05) is 76.4 Å². The second-order valence-corrected chi connectivity index (χ2v) is 30.7. The van der Waals surface area contributed by atoms with Gasteiger partial charge in [0.25, 0.3) is 0 Å². The average Bonchev–Trinajstić information content (AvgIpc) is 3.48. The van der Waals surface area contributed by atoms with Crippen molar-refractivity contribution in [3.63, 3.8) is 0 Å². The van der Waals surface area contributed by atoms with Gasteiger partial charge in [0.1, 0.15) is 30.9 Å². The monoisotopic (exact) mass is 818 g/mol. The summed E-state index contributed by atoms with van der Waals surface area (Å²) in [7, 11) is -6.47. The molecule has 1 atom stereocenters. The second-order valence-electron chi connectivity index (χ2n) is 17.5. The molecule has 308 valence electrons. The molecule has 11 nitrogen and oxygen atoms in total. The number of hydrogen-bond acceptors (Lipinski definition) is 9. The molecule has 0 bridgehead atoms. The number of benzene rings is 2. The smallest absolute Gasteiger partial charge is 0.410 e. The van der Waals surface area contributed by atoms with Gasteiger partial charge < -0.3 is 33.3 Å². The summed E-state index contributed by atoms with van der Waals surface area (Å²) in [6.07, 6.45) is 7.41. The van der Waals surface area contributed by atoms with Gasteiger partial charge in [0.2, 0.25) is 10.0 Å². The minimum absolute atomic E-state index is 0.0462. The van der Waals surface area contributed by atoms with Gasteiger partial charge in [-0.3, -0.25) is 0 Å². The summed E-state index contributed by atoms with van der Waals surface area (Å²) in [5.41, 5.74) is 2.43. The summed E-state index contributed by atoms with van der Waals surface area (Å²) in [5.74, 6) is 0.844. The van der Waals surface area contributed by atoms with Crippen LogP contribution in [0.3, 0.4) is 0 Å². The fourth-order valence-electron chi connectivity index (χ4n) is 5.94. The lowest BCUT2D eigenvalue weighted by molar-refractivity contribution is 0.00814. The summed E-state index contributed by atoms with van der Waals surface area (Å²) < 4.78 is 63.7. The normalized spacial score (nSPS) is 17.1. The number of amides is 1. The van der Waals surface area contributed by atoms with Crippen LogP contribution in [0.25, 0.3) is 6.08 Å². The van der Waals surface area contributed by atoms with Crippen LogP contribution < -0.4 is 4.74 Å². The van der Waals surface area contributed by atoms with Crippen molar-refractivity contribution in [1.82, 2.24) is 9.21 Å². The molecule has 14 heteroatoms. The Morgan fingerprint density at radius 2 is 1.49 bits per heavy atom. The number of hydrogen-bond donors (Lipinski definition) is 0. The first-order valence-corrected chi connectivity index (χ1v) is 28.7. The molecule has 0 N–H and O–H groups in total. The van der Waals surface area contributed by atoms with Gasteiger partial charge >= 0.3 is 6.09 Å². The third-order valence-electron chi connectivity index (χ3n) is 9.44. The zero-order valence-electron chi connectivity index (χ0n) is 34.6. The average molecular weight is 819 g/mol. The lowest BCUT2D eigenvalue weighted by Crippen LogP contribution is -2.36. The Hall–Kier alpha value is -2.57. The first kappa shape index (κ1) is 45.1. The highest BCUT2D eigenvalue weighted by molar-refractivity contribution is 7.89. The molecule has 1 fully saturated rings. The van der Waals surface area contributed by atoms with Crippen molar-refractivity contribution >= 4 is 38.3 Å². The number of fused-ring (bicyclic) bond motifs is 1. The van der Waals surface area contributed by atoms with Crippen LogP contribution in [0, 0.1) is 0 Å². The molecule has 0 aliphatic carbocycles. The van der Waals surface area contributed by atoms with E-state index >= 15 is 0 Å². The van der Waals surface area contributed by atoms with Gasteiger partial charge in [0.05, 0.1) is 31.3 Å². The molecule has 0 spiro atoms. The predicted octanol–water partition coefficient (Wildman–Crippen LogP) is 8.77. The minimum Gasteiger partial charge on any atom is -0.483 e. The van der Waals surface area contributed by atoms with Crippen molar-refractivity contribution in [2.45, 2.75) is 114 Å². The quantitative estimate of drug-likeness (QED) is 0.0552. The molecule has 0 saturated carbocycles. The molecular formula is C41H66N2O9SSi2. The Morgan fingerprint density at radius 3 is 2.18 bits per heavy atom. The van der Waals surface area contributed by atoms with E-state index in [2.05, 4.69) is 45.4 Å². The highest BCUT2D eigenvalue weighted by atomic mass is 32.2. The molecule has 55 heavy (non-hydrogen) atoms. The topological polar surface area (TPSA) is 113 Å². The molecule has 2 aromatic carbocycles. The van der Waals surface area contributed by atoms with E-state index in [1.165, 1.54) is 4.31 Å². The van der Waals surface area contributed by atoms with Crippen molar-refractivity contribution < 1.29 is 41.6 Å². The zero-order chi connectivity index (χ0) is 40.1.